The zero-order chi connectivity index (χ0) is 19.7. The molecular weight excluding hydrogens is 336 g/mol. The van der Waals surface area contributed by atoms with Gasteiger partial charge in [0.1, 0.15) is 5.75 Å². The first-order valence-corrected chi connectivity index (χ1v) is 10.8. The number of hydrogen-bond acceptors (Lipinski definition) is 2. The van der Waals surface area contributed by atoms with Crippen LogP contribution in [0.4, 0.5) is 0 Å². The largest absolute Gasteiger partial charge is 0.508 e. The van der Waals surface area contributed by atoms with Gasteiger partial charge in [-0.15, -0.1) is 0 Å². The van der Waals surface area contributed by atoms with E-state index in [0.29, 0.717) is 12.0 Å². The van der Waals surface area contributed by atoms with Gasteiger partial charge < -0.3 is 10.2 Å². The Hall–Kier alpha value is -1.77. The van der Waals surface area contributed by atoms with Gasteiger partial charge in [-0.1, -0.05) is 88.6 Å². The molecule has 0 bridgehead atoms. The van der Waals surface area contributed by atoms with Crippen LogP contribution in [-0.4, -0.2) is 16.2 Å². The number of aliphatic carboxylic acids is 1. The summed E-state index contributed by atoms with van der Waals surface area (Å²) in [5, 5.41) is 19.3. The molecule has 0 saturated carbocycles. The lowest BCUT2D eigenvalue weighted by atomic mass is 9.92. The molecule has 3 nitrogen and oxygen atoms in total. The lowest BCUT2D eigenvalue weighted by Crippen LogP contribution is -2.11. The Bertz CT molecular complexity index is 536. The van der Waals surface area contributed by atoms with E-state index in [4.69, 9.17) is 0 Å². The first-order chi connectivity index (χ1) is 13.2. The average molecular weight is 375 g/mol. The molecule has 0 fully saturated rings. The second-order valence-corrected chi connectivity index (χ2v) is 7.47. The van der Waals surface area contributed by atoms with Crippen molar-refractivity contribution < 1.29 is 15.0 Å². The van der Waals surface area contributed by atoms with Crippen LogP contribution in [0.3, 0.4) is 0 Å². The molecule has 2 N–H and O–H groups in total. The van der Waals surface area contributed by atoms with Crippen molar-refractivity contribution in [3.05, 3.63) is 42.0 Å². The maximum absolute atomic E-state index is 11.5. The topological polar surface area (TPSA) is 57.5 Å². The van der Waals surface area contributed by atoms with Crippen molar-refractivity contribution in [1.82, 2.24) is 0 Å². The molecule has 1 atom stereocenters. The normalized spacial score (nSPS) is 12.5. The molecule has 1 unspecified atom stereocenters. The van der Waals surface area contributed by atoms with E-state index in [1.807, 2.05) is 0 Å². The van der Waals surface area contributed by atoms with Crippen LogP contribution in [-0.2, 0) is 4.79 Å². The molecule has 1 aromatic rings. The Morgan fingerprint density at radius 2 is 1.44 bits per heavy atom. The molecule has 0 aliphatic carbocycles. The van der Waals surface area contributed by atoms with E-state index in [9.17, 15) is 15.0 Å². The number of hydrogen-bond donors (Lipinski definition) is 2. The molecule has 1 aromatic carbocycles. The van der Waals surface area contributed by atoms with Gasteiger partial charge in [-0.05, 0) is 38.2 Å². The number of rotatable bonds is 16. The Morgan fingerprint density at radius 1 is 0.889 bits per heavy atom. The van der Waals surface area contributed by atoms with Crippen LogP contribution in [0.2, 0.25) is 0 Å². The van der Waals surface area contributed by atoms with Crippen molar-refractivity contribution in [1.29, 1.82) is 0 Å². The van der Waals surface area contributed by atoms with Crippen LogP contribution in [0.15, 0.2) is 36.4 Å². The van der Waals surface area contributed by atoms with Gasteiger partial charge in [-0.3, -0.25) is 4.79 Å². The van der Waals surface area contributed by atoms with E-state index in [1.165, 1.54) is 51.4 Å². The molecule has 0 radical (unpaired) electrons. The summed E-state index contributed by atoms with van der Waals surface area (Å²) in [5.74, 6) is -1.38. The molecule has 0 amide bonds. The standard InChI is InChI=1S/C24H38O3/c1-2-3-4-5-6-7-8-9-10-11-12-13-14-15-19-22(24(26)27)21-18-16-17-20-23(21)25/h9-10,16-18,20,22,25H,2-8,11-15,19H2,1H3,(H,26,27). The van der Waals surface area contributed by atoms with Crippen molar-refractivity contribution in [2.24, 2.45) is 0 Å². The van der Waals surface area contributed by atoms with Gasteiger partial charge in [0.05, 0.1) is 5.92 Å². The monoisotopic (exact) mass is 374 g/mol. The molecule has 27 heavy (non-hydrogen) atoms. The predicted molar refractivity (Wildman–Crippen MR) is 113 cm³/mol. The molecule has 1 rings (SSSR count). The van der Waals surface area contributed by atoms with Crippen LogP contribution in [0, 0.1) is 0 Å². The summed E-state index contributed by atoms with van der Waals surface area (Å²) in [7, 11) is 0. The van der Waals surface area contributed by atoms with Crippen molar-refractivity contribution in [3.8, 4) is 5.75 Å². The highest BCUT2D eigenvalue weighted by Gasteiger charge is 2.21. The Labute approximate surface area is 165 Å². The van der Waals surface area contributed by atoms with E-state index in [2.05, 4.69) is 19.1 Å². The fourth-order valence-electron chi connectivity index (χ4n) is 3.44. The molecule has 0 saturated heterocycles. The van der Waals surface area contributed by atoms with E-state index in [-0.39, 0.29) is 5.75 Å². The van der Waals surface area contributed by atoms with Crippen LogP contribution < -0.4 is 0 Å². The number of benzene rings is 1. The minimum atomic E-state index is -0.853. The maximum Gasteiger partial charge on any atom is 0.311 e. The van der Waals surface area contributed by atoms with Gasteiger partial charge in [0, 0.05) is 5.56 Å². The van der Waals surface area contributed by atoms with Crippen molar-refractivity contribution in [3.63, 3.8) is 0 Å². The molecule has 0 aliphatic heterocycles. The minimum absolute atomic E-state index is 0.0837. The Balaban J connectivity index is 2.06. The highest BCUT2D eigenvalue weighted by molar-refractivity contribution is 5.77. The SMILES string of the molecule is CCCCCCCCC=CCCCCCCC(C(=O)O)c1ccccc1O. The zero-order valence-electron chi connectivity index (χ0n) is 17.0. The lowest BCUT2D eigenvalue weighted by Gasteiger charge is -2.14. The third-order valence-electron chi connectivity index (χ3n) is 5.11. The summed E-state index contributed by atoms with van der Waals surface area (Å²) < 4.78 is 0. The number of carbonyl (C=O) groups is 1. The Kier molecular flexibility index (Phi) is 13.2. The second-order valence-electron chi connectivity index (χ2n) is 7.47. The van der Waals surface area contributed by atoms with Crippen LogP contribution in [0.5, 0.6) is 5.75 Å². The third kappa shape index (κ3) is 10.8. The smallest absolute Gasteiger partial charge is 0.311 e. The summed E-state index contributed by atoms with van der Waals surface area (Å²) in [5.41, 5.74) is 0.530. The lowest BCUT2D eigenvalue weighted by molar-refractivity contribution is -0.139. The number of carboxylic acids is 1. The van der Waals surface area contributed by atoms with Gasteiger partial charge in [0.2, 0.25) is 0 Å². The second kappa shape index (κ2) is 15.3. The van der Waals surface area contributed by atoms with Crippen molar-refractivity contribution >= 4 is 5.97 Å². The van der Waals surface area contributed by atoms with Gasteiger partial charge in [-0.2, -0.15) is 0 Å². The van der Waals surface area contributed by atoms with Crippen LogP contribution in [0.1, 0.15) is 102 Å². The van der Waals surface area contributed by atoms with Gasteiger partial charge >= 0.3 is 5.97 Å². The Morgan fingerprint density at radius 3 is 2.04 bits per heavy atom. The highest BCUT2D eigenvalue weighted by atomic mass is 16.4. The minimum Gasteiger partial charge on any atom is -0.508 e. The maximum atomic E-state index is 11.5. The fourth-order valence-corrected chi connectivity index (χ4v) is 3.44. The van der Waals surface area contributed by atoms with Crippen LogP contribution >= 0.6 is 0 Å². The van der Waals surface area contributed by atoms with Gasteiger partial charge in [0.15, 0.2) is 0 Å². The van der Waals surface area contributed by atoms with E-state index in [0.717, 1.165) is 25.7 Å². The number of aromatic hydroxyl groups is 1. The number of phenolic OH excluding ortho intramolecular Hbond substituents is 1. The number of unbranched alkanes of at least 4 members (excludes halogenated alkanes) is 10. The molecule has 3 heteroatoms. The summed E-state index contributed by atoms with van der Waals surface area (Å²) in [6.45, 7) is 2.25. The molecule has 0 heterocycles. The number of phenols is 1. The van der Waals surface area contributed by atoms with Gasteiger partial charge in [-0.25, -0.2) is 0 Å². The number of carboxylic acid groups (broad SMARTS) is 1. The van der Waals surface area contributed by atoms with Gasteiger partial charge in [0.25, 0.3) is 0 Å². The first-order valence-electron chi connectivity index (χ1n) is 10.8. The van der Waals surface area contributed by atoms with Crippen molar-refractivity contribution in [2.75, 3.05) is 0 Å². The van der Waals surface area contributed by atoms with Crippen LogP contribution in [0.25, 0.3) is 0 Å². The zero-order valence-corrected chi connectivity index (χ0v) is 17.0. The van der Waals surface area contributed by atoms with Crippen molar-refractivity contribution in [2.45, 2.75) is 96.3 Å². The number of allylic oxidation sites excluding steroid dienone is 2. The molecule has 152 valence electrons. The average Bonchev–Trinajstić information content (AvgIpc) is 2.65. The third-order valence-corrected chi connectivity index (χ3v) is 5.11. The summed E-state index contributed by atoms with van der Waals surface area (Å²) in [6, 6.07) is 6.77. The highest BCUT2D eigenvalue weighted by Crippen LogP contribution is 2.30. The first kappa shape index (κ1) is 23.3. The van der Waals surface area contributed by atoms with E-state index in [1.54, 1.807) is 24.3 Å². The molecular formula is C24H38O3. The molecule has 0 aromatic heterocycles. The summed E-state index contributed by atoms with van der Waals surface area (Å²) in [4.78, 5) is 11.5. The van der Waals surface area contributed by atoms with E-state index >= 15 is 0 Å². The molecule has 0 aliphatic rings. The fraction of sp³-hybridized carbons (Fsp3) is 0.625. The quantitative estimate of drug-likeness (QED) is 0.237. The summed E-state index contributed by atoms with van der Waals surface area (Å²) in [6.07, 6.45) is 19.9. The van der Waals surface area contributed by atoms with E-state index < -0.39 is 11.9 Å². The number of para-hydroxylation sites is 1. The summed E-state index contributed by atoms with van der Waals surface area (Å²) >= 11 is 0. The predicted octanol–water partition coefficient (Wildman–Crippen LogP) is 7.21. The molecule has 0 spiro atoms.